The number of carbonyl (C=O) groups is 3. The number of nitrogens with one attached hydrogen (secondary N) is 2. The van der Waals surface area contributed by atoms with Crippen LogP contribution in [0.5, 0.6) is 5.75 Å². The fourth-order valence-corrected chi connectivity index (χ4v) is 4.72. The number of rotatable bonds is 15. The van der Waals surface area contributed by atoms with Crippen LogP contribution in [0.15, 0.2) is 60.7 Å². The van der Waals surface area contributed by atoms with Crippen LogP contribution in [-0.4, -0.2) is 55.4 Å². The van der Waals surface area contributed by atoms with E-state index in [1.54, 1.807) is 30.3 Å². The zero-order valence-electron chi connectivity index (χ0n) is 21.9. The summed E-state index contributed by atoms with van der Waals surface area (Å²) in [5, 5.41) is 15.6. The molecular formula is C26H35N2O9P. The number of para-hydroxylation sites is 1. The third-order valence-corrected chi connectivity index (χ3v) is 6.97. The number of aliphatic hydroxyl groups is 1. The summed E-state index contributed by atoms with van der Waals surface area (Å²) in [5.41, 5.74) is -0.393. The lowest BCUT2D eigenvalue weighted by Gasteiger charge is -2.31. The Balaban J connectivity index is 1.91. The van der Waals surface area contributed by atoms with Crippen molar-refractivity contribution in [1.29, 1.82) is 0 Å². The summed E-state index contributed by atoms with van der Waals surface area (Å²) in [4.78, 5) is 36.3. The maximum atomic E-state index is 13.5. The van der Waals surface area contributed by atoms with Crippen LogP contribution in [0.1, 0.15) is 32.8 Å². The van der Waals surface area contributed by atoms with E-state index in [1.807, 2.05) is 30.3 Å². The van der Waals surface area contributed by atoms with Crippen LogP contribution in [0.25, 0.3) is 0 Å². The van der Waals surface area contributed by atoms with Crippen LogP contribution in [0.3, 0.4) is 0 Å². The van der Waals surface area contributed by atoms with Gasteiger partial charge in [0, 0.05) is 12.0 Å². The number of esters is 2. The fourth-order valence-electron chi connectivity index (χ4n) is 3.06. The van der Waals surface area contributed by atoms with Gasteiger partial charge in [-0.1, -0.05) is 62.4 Å². The third kappa shape index (κ3) is 10.3. The van der Waals surface area contributed by atoms with Crippen LogP contribution in [-0.2, 0) is 39.6 Å². The van der Waals surface area contributed by atoms with Crippen molar-refractivity contribution >= 4 is 25.6 Å². The van der Waals surface area contributed by atoms with Gasteiger partial charge in [-0.25, -0.2) is 4.57 Å². The fraction of sp³-hybridized carbons (Fsp3) is 0.423. The van der Waals surface area contributed by atoms with E-state index in [2.05, 4.69) is 15.1 Å². The highest BCUT2D eigenvalue weighted by atomic mass is 31.2. The molecule has 0 aromatic heterocycles. The average Bonchev–Trinajstić information content (AvgIpc) is 2.91. The van der Waals surface area contributed by atoms with Gasteiger partial charge >= 0.3 is 19.7 Å². The second-order valence-electron chi connectivity index (χ2n) is 9.13. The lowest BCUT2D eigenvalue weighted by molar-refractivity contribution is -0.145. The molecule has 0 spiro atoms. The van der Waals surface area contributed by atoms with Gasteiger partial charge in [-0.3, -0.25) is 18.9 Å². The van der Waals surface area contributed by atoms with Gasteiger partial charge in [-0.15, -0.1) is 0 Å². The second-order valence-corrected chi connectivity index (χ2v) is 10.8. The summed E-state index contributed by atoms with van der Waals surface area (Å²) in [6, 6.07) is 16.3. The number of methoxy groups -OCH3 is 1. The summed E-state index contributed by atoms with van der Waals surface area (Å²) in [5.74, 6) is -1.72. The number of hydrogen-bond donors (Lipinski definition) is 3. The Hall–Kier alpha value is -3.24. The van der Waals surface area contributed by atoms with E-state index in [9.17, 15) is 24.1 Å². The molecule has 12 heteroatoms. The Kier molecular flexibility index (Phi) is 11.9. The number of aliphatic hydroxyl groups excluding tert-OH is 1. The Morgan fingerprint density at radius 1 is 1.03 bits per heavy atom. The molecular weight excluding hydrogens is 515 g/mol. The number of benzene rings is 2. The molecule has 208 valence electrons. The molecule has 2 aromatic carbocycles. The molecule has 0 radical (unpaired) electrons. The zero-order chi connectivity index (χ0) is 28.2. The van der Waals surface area contributed by atoms with Crippen LogP contribution in [0, 0.1) is 5.41 Å². The molecule has 0 aliphatic heterocycles. The molecule has 2 aromatic rings. The van der Waals surface area contributed by atoms with Gasteiger partial charge in [0.05, 0.1) is 20.1 Å². The standard InChI is InChI=1S/C26H35N2O9P/c1-19(25(32)34-4)28-38(33,37-21-13-9-6-10-14-21)36-18-26(2,3)23(30)24(31)27-16-15-22(29)35-17-20-11-7-5-8-12-20/h5-14,19,23,30H,15-18H2,1-4H3,(H,27,31)(H,28,33)/t19?,23-,38?/m0/s1. The van der Waals surface area contributed by atoms with Crippen molar-refractivity contribution in [3.63, 3.8) is 0 Å². The summed E-state index contributed by atoms with van der Waals surface area (Å²) in [6.45, 7) is 4.17. The number of amides is 1. The molecule has 0 fully saturated rings. The first-order valence-corrected chi connectivity index (χ1v) is 13.5. The first-order chi connectivity index (χ1) is 18.0. The number of ether oxygens (including phenoxy) is 2. The van der Waals surface area contributed by atoms with Crippen molar-refractivity contribution in [2.45, 2.75) is 45.9 Å². The lowest BCUT2D eigenvalue weighted by atomic mass is 9.87. The normalized spacial score (nSPS) is 14.4. The molecule has 0 saturated carbocycles. The quantitative estimate of drug-likeness (QED) is 0.223. The molecule has 1 amide bonds. The van der Waals surface area contributed by atoms with Crippen molar-refractivity contribution in [2.24, 2.45) is 5.41 Å². The van der Waals surface area contributed by atoms with Gasteiger partial charge < -0.3 is 24.4 Å². The van der Waals surface area contributed by atoms with Crippen LogP contribution < -0.4 is 14.9 Å². The Labute approximate surface area is 222 Å². The zero-order valence-corrected chi connectivity index (χ0v) is 22.8. The van der Waals surface area contributed by atoms with E-state index in [0.29, 0.717) is 0 Å². The second kappa shape index (κ2) is 14.6. The molecule has 38 heavy (non-hydrogen) atoms. The smallest absolute Gasteiger partial charge is 0.459 e. The van der Waals surface area contributed by atoms with Crippen LogP contribution in [0.2, 0.25) is 0 Å². The Bertz CT molecular complexity index is 1100. The minimum Gasteiger partial charge on any atom is -0.468 e. The van der Waals surface area contributed by atoms with Gasteiger partial charge in [0.1, 0.15) is 24.5 Å². The van der Waals surface area contributed by atoms with Gasteiger partial charge in [0.25, 0.3) is 0 Å². The topological polar surface area (TPSA) is 149 Å². The number of hydrogen-bond acceptors (Lipinski definition) is 9. The molecule has 0 aliphatic rings. The van der Waals surface area contributed by atoms with E-state index >= 15 is 0 Å². The maximum Gasteiger partial charge on any atom is 0.459 e. The largest absolute Gasteiger partial charge is 0.468 e. The first-order valence-electron chi connectivity index (χ1n) is 12.0. The third-order valence-electron chi connectivity index (χ3n) is 5.34. The predicted octanol–water partition coefficient (Wildman–Crippen LogP) is 2.98. The van der Waals surface area contributed by atoms with Gasteiger partial charge in [0.15, 0.2) is 0 Å². The van der Waals surface area contributed by atoms with Gasteiger partial charge in [-0.2, -0.15) is 5.09 Å². The molecule has 2 unspecified atom stereocenters. The predicted molar refractivity (Wildman–Crippen MR) is 139 cm³/mol. The van der Waals surface area contributed by atoms with Crippen LogP contribution >= 0.6 is 7.75 Å². The maximum absolute atomic E-state index is 13.5. The lowest BCUT2D eigenvalue weighted by Crippen LogP contribution is -2.46. The highest BCUT2D eigenvalue weighted by molar-refractivity contribution is 7.52. The molecule has 0 bridgehead atoms. The van der Waals surface area contributed by atoms with Gasteiger partial charge in [0.2, 0.25) is 5.91 Å². The van der Waals surface area contributed by atoms with Crippen LogP contribution in [0.4, 0.5) is 0 Å². The molecule has 3 atom stereocenters. The Morgan fingerprint density at radius 2 is 1.63 bits per heavy atom. The van der Waals surface area contributed by atoms with Crippen molar-refractivity contribution in [3.8, 4) is 5.75 Å². The molecule has 2 rings (SSSR count). The minimum atomic E-state index is -4.15. The molecule has 0 heterocycles. The van der Waals surface area contributed by atoms with E-state index in [-0.39, 0.29) is 31.9 Å². The van der Waals surface area contributed by atoms with Gasteiger partial charge in [-0.05, 0) is 24.6 Å². The average molecular weight is 551 g/mol. The van der Waals surface area contributed by atoms with Crippen molar-refractivity contribution in [3.05, 3.63) is 66.2 Å². The monoisotopic (exact) mass is 550 g/mol. The Morgan fingerprint density at radius 3 is 2.24 bits per heavy atom. The van der Waals surface area contributed by atoms with E-state index in [0.717, 1.165) is 5.56 Å². The summed E-state index contributed by atoms with van der Waals surface area (Å²) >= 11 is 0. The van der Waals surface area contributed by atoms with Crippen molar-refractivity contribution < 1.29 is 42.6 Å². The number of carbonyl (C=O) groups excluding carboxylic acids is 3. The summed E-state index contributed by atoms with van der Waals surface area (Å²) in [6.07, 6.45) is -1.66. The first kappa shape index (κ1) is 31.0. The molecule has 3 N–H and O–H groups in total. The van der Waals surface area contributed by atoms with E-state index in [1.165, 1.54) is 27.9 Å². The molecule has 0 saturated heterocycles. The minimum absolute atomic E-state index is 0.0474. The summed E-state index contributed by atoms with van der Waals surface area (Å²) < 4.78 is 34.4. The summed E-state index contributed by atoms with van der Waals surface area (Å²) in [7, 11) is -2.97. The molecule has 11 nitrogen and oxygen atoms in total. The van der Waals surface area contributed by atoms with Crippen molar-refractivity contribution in [2.75, 3.05) is 20.3 Å². The SMILES string of the molecule is COC(=O)C(C)NP(=O)(OCC(C)(C)[C@@H](O)C(=O)NCCC(=O)OCc1ccccc1)Oc1ccccc1. The van der Waals surface area contributed by atoms with E-state index < -0.39 is 43.2 Å². The highest BCUT2D eigenvalue weighted by Crippen LogP contribution is 2.46. The van der Waals surface area contributed by atoms with Crippen molar-refractivity contribution in [1.82, 2.24) is 10.4 Å². The highest BCUT2D eigenvalue weighted by Gasteiger charge is 2.39. The molecule has 0 aliphatic carbocycles. The van der Waals surface area contributed by atoms with E-state index in [4.69, 9.17) is 13.8 Å².